The lowest BCUT2D eigenvalue weighted by atomic mass is 10.2. The molecule has 4 N–H and O–H groups in total. The number of carbonyl (C=O) groups is 1. The number of ether oxygens (including phenoxy) is 2. The number of nitrogens with zero attached hydrogens (tertiary/aromatic N) is 5. The number of hydrogen-bond acceptors (Lipinski definition) is 8. The lowest BCUT2D eigenvalue weighted by Gasteiger charge is -2.15. The molecule has 3 aromatic carbocycles. The van der Waals surface area contributed by atoms with E-state index in [2.05, 4.69) is 15.0 Å². The van der Waals surface area contributed by atoms with Crippen LogP contribution in [0, 0.1) is 12.3 Å². The molecule has 0 fully saturated rings. The predicted molar refractivity (Wildman–Crippen MR) is 149 cm³/mol. The average Bonchev–Trinajstić information content (AvgIpc) is 3.25. The Morgan fingerprint density at radius 1 is 0.975 bits per heavy atom. The van der Waals surface area contributed by atoms with Gasteiger partial charge in [0, 0.05) is 19.7 Å². The van der Waals surface area contributed by atoms with Crippen molar-refractivity contribution in [2.45, 2.75) is 13.5 Å². The molecule has 0 aliphatic carbocycles. The second-order valence-electron chi connectivity index (χ2n) is 9.21. The molecule has 0 aliphatic rings. The Morgan fingerprint density at radius 3 is 2.42 bits per heavy atom. The van der Waals surface area contributed by atoms with Crippen LogP contribution in [0.25, 0.3) is 11.2 Å². The first-order valence-corrected chi connectivity index (χ1v) is 12.3. The lowest BCUT2D eigenvalue weighted by Crippen LogP contribution is -2.22. The highest BCUT2D eigenvalue weighted by atomic mass is 16.5. The average molecular weight is 538 g/mol. The molecule has 0 unspecified atom stereocenters. The molecule has 202 valence electrons. The summed E-state index contributed by atoms with van der Waals surface area (Å²) in [6.07, 6.45) is 0. The van der Waals surface area contributed by atoms with Crippen LogP contribution < -0.4 is 15.2 Å². The topological polar surface area (TPSA) is 152 Å². The Morgan fingerprint density at radius 2 is 1.70 bits per heavy atom. The van der Waals surface area contributed by atoms with Crippen LogP contribution in [0.3, 0.4) is 0 Å². The molecule has 0 aliphatic heterocycles. The summed E-state index contributed by atoms with van der Waals surface area (Å²) in [6.45, 7) is 2.32. The first kappa shape index (κ1) is 26.2. The molecule has 0 saturated carbocycles. The summed E-state index contributed by atoms with van der Waals surface area (Å²) >= 11 is 0. The van der Waals surface area contributed by atoms with Crippen molar-refractivity contribution in [2.24, 2.45) is 5.73 Å². The maximum Gasteiger partial charge on any atom is 0.327 e. The maximum absolute atomic E-state index is 12.8. The predicted octanol–water partition coefficient (Wildman–Crippen LogP) is 4.46. The Labute approximate surface area is 230 Å². The Kier molecular flexibility index (Phi) is 7.02. The number of carbonyl (C=O) groups excluding carboxylic acids is 1. The van der Waals surface area contributed by atoms with E-state index < -0.39 is 0 Å². The van der Waals surface area contributed by atoms with Gasteiger partial charge in [-0.05, 0) is 42.8 Å². The maximum atomic E-state index is 12.8. The van der Waals surface area contributed by atoms with Crippen LogP contribution in [0.5, 0.6) is 29.1 Å². The summed E-state index contributed by atoms with van der Waals surface area (Å²) in [7, 11) is 3.31. The molecule has 0 bridgehead atoms. The Bertz CT molecular complexity index is 1730. The standard InChI is InChI=1S/C29H27N7O4/c1-17-32-24-26(36(17)16-18-9-5-4-6-10-18)33-29(40-23-15-19(25(30)31)13-14-21(23)37)34-27(24)39-22-12-8-7-11-20(22)28(38)35(2)3/h4-15,37H,16H2,1-3H3,(H3,30,31). The number of aromatic nitrogens is 4. The van der Waals surface area contributed by atoms with E-state index in [4.69, 9.17) is 20.6 Å². The summed E-state index contributed by atoms with van der Waals surface area (Å²) in [5.41, 5.74) is 8.14. The van der Waals surface area contributed by atoms with Gasteiger partial charge in [-0.25, -0.2) is 4.98 Å². The van der Waals surface area contributed by atoms with Crippen molar-refractivity contribution >= 4 is 22.9 Å². The van der Waals surface area contributed by atoms with E-state index >= 15 is 0 Å². The number of imidazole rings is 1. The van der Waals surface area contributed by atoms with Gasteiger partial charge in [0.25, 0.3) is 11.8 Å². The number of phenols is 1. The zero-order valence-corrected chi connectivity index (χ0v) is 22.1. The van der Waals surface area contributed by atoms with Gasteiger partial charge in [-0.1, -0.05) is 42.5 Å². The van der Waals surface area contributed by atoms with Crippen molar-refractivity contribution in [3.8, 4) is 29.1 Å². The number of nitrogen functional groups attached to an aromatic ring is 1. The highest BCUT2D eigenvalue weighted by molar-refractivity contribution is 5.97. The van der Waals surface area contributed by atoms with Crippen LogP contribution in [-0.4, -0.2) is 55.4 Å². The van der Waals surface area contributed by atoms with E-state index in [0.717, 1.165) is 5.56 Å². The molecule has 5 aromatic rings. The molecule has 11 heteroatoms. The van der Waals surface area contributed by atoms with Gasteiger partial charge in [-0.15, -0.1) is 0 Å². The molecule has 2 heterocycles. The Balaban J connectivity index is 1.65. The third kappa shape index (κ3) is 5.25. The smallest absolute Gasteiger partial charge is 0.327 e. The summed E-state index contributed by atoms with van der Waals surface area (Å²) < 4.78 is 14.0. The number of benzene rings is 3. The molecule has 11 nitrogen and oxygen atoms in total. The number of amidine groups is 1. The summed E-state index contributed by atoms with van der Waals surface area (Å²) in [6, 6.07) is 20.8. The van der Waals surface area contributed by atoms with Crippen LogP contribution in [0.15, 0.2) is 72.8 Å². The normalized spacial score (nSPS) is 10.9. The van der Waals surface area contributed by atoms with Crippen molar-refractivity contribution in [2.75, 3.05) is 14.1 Å². The lowest BCUT2D eigenvalue weighted by molar-refractivity contribution is 0.0825. The third-order valence-electron chi connectivity index (χ3n) is 6.12. The van der Waals surface area contributed by atoms with Crippen LogP contribution in [0.1, 0.15) is 27.3 Å². The molecule has 0 saturated heterocycles. The quantitative estimate of drug-likeness (QED) is 0.194. The largest absolute Gasteiger partial charge is 0.504 e. The number of aryl methyl sites for hydroxylation is 1. The molecular weight excluding hydrogens is 510 g/mol. The van der Waals surface area contributed by atoms with Crippen molar-refractivity contribution in [3.63, 3.8) is 0 Å². The van der Waals surface area contributed by atoms with Gasteiger partial charge in [0.15, 0.2) is 22.7 Å². The van der Waals surface area contributed by atoms with E-state index in [9.17, 15) is 9.90 Å². The SMILES string of the molecule is Cc1nc2c(Oc3ccccc3C(=O)N(C)C)nc(Oc3cc(C(=N)N)ccc3O)nc2n1Cc1ccccc1. The molecule has 0 radical (unpaired) electrons. The van der Waals surface area contributed by atoms with Gasteiger partial charge in [-0.2, -0.15) is 9.97 Å². The van der Waals surface area contributed by atoms with E-state index in [-0.39, 0.29) is 40.9 Å². The van der Waals surface area contributed by atoms with Gasteiger partial charge >= 0.3 is 6.01 Å². The van der Waals surface area contributed by atoms with Crippen LogP contribution in [0.2, 0.25) is 0 Å². The number of hydrogen-bond donors (Lipinski definition) is 3. The fraction of sp³-hybridized carbons (Fsp3) is 0.138. The van der Waals surface area contributed by atoms with E-state index in [1.54, 1.807) is 38.4 Å². The third-order valence-corrected chi connectivity index (χ3v) is 6.12. The van der Waals surface area contributed by atoms with Gasteiger partial charge in [-0.3, -0.25) is 10.2 Å². The fourth-order valence-electron chi connectivity index (χ4n) is 4.08. The second-order valence-corrected chi connectivity index (χ2v) is 9.21. The Hall–Kier alpha value is -5.45. The zero-order valence-electron chi connectivity index (χ0n) is 22.1. The van der Waals surface area contributed by atoms with Crippen LogP contribution >= 0.6 is 0 Å². The fourth-order valence-corrected chi connectivity index (χ4v) is 4.08. The highest BCUT2D eigenvalue weighted by Gasteiger charge is 2.22. The van der Waals surface area contributed by atoms with E-state index in [0.29, 0.717) is 34.7 Å². The molecule has 5 rings (SSSR count). The van der Waals surface area contributed by atoms with Gasteiger partial charge < -0.3 is 29.8 Å². The number of nitrogens with two attached hydrogens (primary N) is 1. The zero-order chi connectivity index (χ0) is 28.4. The molecular formula is C29H27N7O4. The monoisotopic (exact) mass is 537 g/mol. The van der Waals surface area contributed by atoms with Crippen LogP contribution in [-0.2, 0) is 6.54 Å². The van der Waals surface area contributed by atoms with E-state index in [1.807, 2.05) is 41.8 Å². The summed E-state index contributed by atoms with van der Waals surface area (Å²) in [4.78, 5) is 28.0. The number of rotatable bonds is 8. The van der Waals surface area contributed by atoms with Crippen molar-refractivity contribution in [1.82, 2.24) is 24.4 Å². The van der Waals surface area contributed by atoms with Gasteiger partial charge in [0.2, 0.25) is 0 Å². The van der Waals surface area contributed by atoms with E-state index in [1.165, 1.54) is 23.1 Å². The first-order chi connectivity index (χ1) is 19.2. The van der Waals surface area contributed by atoms with Crippen molar-refractivity contribution in [3.05, 3.63) is 95.3 Å². The highest BCUT2D eigenvalue weighted by Crippen LogP contribution is 2.35. The minimum absolute atomic E-state index is 0.00651. The first-order valence-electron chi connectivity index (χ1n) is 12.3. The van der Waals surface area contributed by atoms with Gasteiger partial charge in [0.1, 0.15) is 17.4 Å². The summed E-state index contributed by atoms with van der Waals surface area (Å²) in [5.74, 6) is 0.395. The molecule has 2 aromatic heterocycles. The number of fused-ring (bicyclic) bond motifs is 1. The second kappa shape index (κ2) is 10.7. The molecule has 40 heavy (non-hydrogen) atoms. The molecule has 1 amide bonds. The number of nitrogens with one attached hydrogen (secondary N) is 1. The number of aromatic hydroxyl groups is 1. The minimum atomic E-state index is -0.242. The van der Waals surface area contributed by atoms with Gasteiger partial charge in [0.05, 0.1) is 12.1 Å². The number of phenolic OH excluding ortho intramolecular Hbond substituents is 1. The number of amides is 1. The van der Waals surface area contributed by atoms with Crippen molar-refractivity contribution < 1.29 is 19.4 Å². The van der Waals surface area contributed by atoms with Crippen LogP contribution in [0.4, 0.5) is 0 Å². The van der Waals surface area contributed by atoms with Crippen molar-refractivity contribution in [1.29, 1.82) is 5.41 Å². The molecule has 0 spiro atoms. The number of para-hydroxylation sites is 1. The summed E-state index contributed by atoms with van der Waals surface area (Å²) in [5, 5.41) is 18.1. The molecule has 0 atom stereocenters. The minimum Gasteiger partial charge on any atom is -0.504 e.